The number of amides is 2. The Morgan fingerprint density at radius 1 is 1.33 bits per heavy atom. The Morgan fingerprint density at radius 2 is 2.08 bits per heavy atom. The molecule has 0 atom stereocenters. The fourth-order valence-corrected chi connectivity index (χ4v) is 3.55. The maximum absolute atomic E-state index is 13.3. The van der Waals surface area contributed by atoms with Crippen molar-refractivity contribution in [2.24, 2.45) is 5.92 Å². The van der Waals surface area contributed by atoms with Gasteiger partial charge in [0.2, 0.25) is 5.91 Å². The lowest BCUT2D eigenvalue weighted by atomic mass is 10.2. The summed E-state index contributed by atoms with van der Waals surface area (Å²) in [6.45, 7) is 2.18. The largest absolute Gasteiger partial charge is 0.337 e. The molecule has 126 valence electrons. The molecule has 6 heteroatoms. The van der Waals surface area contributed by atoms with Crippen LogP contribution >= 0.6 is 11.3 Å². The van der Waals surface area contributed by atoms with Crippen molar-refractivity contribution in [3.8, 4) is 0 Å². The number of benzene rings is 1. The standard InChI is InChI=1S/C18H19FN2O2S/c1-11-8-15(20-17(22)13-6-7-13)24-16(11)18(23)21(2)10-12-4-3-5-14(19)9-12/h3-5,8-9,13H,6-7,10H2,1-2H3,(H,20,22). The number of thiophene rings is 1. The van der Waals surface area contributed by atoms with Gasteiger partial charge in [-0.05, 0) is 49.1 Å². The molecule has 2 amide bonds. The van der Waals surface area contributed by atoms with Gasteiger partial charge in [-0.3, -0.25) is 9.59 Å². The second-order valence-electron chi connectivity index (χ2n) is 6.18. The first-order valence-electron chi connectivity index (χ1n) is 7.85. The Balaban J connectivity index is 1.69. The fourth-order valence-electron chi connectivity index (χ4n) is 2.48. The SMILES string of the molecule is Cc1cc(NC(=O)C2CC2)sc1C(=O)N(C)Cc1cccc(F)c1. The zero-order chi connectivity index (χ0) is 17.3. The number of nitrogens with zero attached hydrogens (tertiary/aromatic N) is 1. The summed E-state index contributed by atoms with van der Waals surface area (Å²) in [7, 11) is 1.69. The Labute approximate surface area is 144 Å². The molecule has 4 nitrogen and oxygen atoms in total. The third-order valence-corrected chi connectivity index (χ3v) is 5.10. The van der Waals surface area contributed by atoms with E-state index in [0.29, 0.717) is 16.4 Å². The summed E-state index contributed by atoms with van der Waals surface area (Å²) in [5, 5.41) is 3.58. The third-order valence-electron chi connectivity index (χ3n) is 3.96. The first-order chi connectivity index (χ1) is 11.4. The topological polar surface area (TPSA) is 49.4 Å². The van der Waals surface area contributed by atoms with Gasteiger partial charge in [0.1, 0.15) is 5.82 Å². The predicted octanol–water partition coefficient (Wildman–Crippen LogP) is 3.82. The van der Waals surface area contributed by atoms with Crippen molar-refractivity contribution < 1.29 is 14.0 Å². The quantitative estimate of drug-likeness (QED) is 0.895. The lowest BCUT2D eigenvalue weighted by Gasteiger charge is -2.17. The average Bonchev–Trinajstić information content (AvgIpc) is 3.31. The molecular weight excluding hydrogens is 327 g/mol. The first kappa shape index (κ1) is 16.6. The highest BCUT2D eigenvalue weighted by atomic mass is 32.1. The molecule has 0 bridgehead atoms. The molecule has 1 aromatic carbocycles. The Bertz CT molecular complexity index is 783. The molecule has 0 radical (unpaired) electrons. The van der Waals surface area contributed by atoms with E-state index in [2.05, 4.69) is 5.32 Å². The van der Waals surface area contributed by atoms with Crippen LogP contribution in [0.5, 0.6) is 0 Å². The van der Waals surface area contributed by atoms with Gasteiger partial charge in [-0.25, -0.2) is 4.39 Å². The Morgan fingerprint density at radius 3 is 2.75 bits per heavy atom. The molecule has 1 heterocycles. The molecule has 1 fully saturated rings. The average molecular weight is 346 g/mol. The van der Waals surface area contributed by atoms with E-state index in [1.165, 1.54) is 23.5 Å². The van der Waals surface area contributed by atoms with E-state index in [1.54, 1.807) is 24.1 Å². The first-order valence-corrected chi connectivity index (χ1v) is 8.67. The maximum atomic E-state index is 13.3. The Hall–Kier alpha value is -2.21. The van der Waals surface area contributed by atoms with Crippen LogP contribution in [-0.4, -0.2) is 23.8 Å². The fraction of sp³-hybridized carbons (Fsp3) is 0.333. The second-order valence-corrected chi connectivity index (χ2v) is 7.23. The summed E-state index contributed by atoms with van der Waals surface area (Å²) in [5.41, 5.74) is 1.57. The van der Waals surface area contributed by atoms with Crippen LogP contribution in [0.25, 0.3) is 0 Å². The van der Waals surface area contributed by atoms with Crippen LogP contribution in [0, 0.1) is 18.7 Å². The van der Waals surface area contributed by atoms with Crippen molar-refractivity contribution in [2.45, 2.75) is 26.3 Å². The number of nitrogens with one attached hydrogen (secondary N) is 1. The summed E-state index contributed by atoms with van der Waals surface area (Å²) < 4.78 is 13.3. The van der Waals surface area contributed by atoms with E-state index in [-0.39, 0.29) is 23.5 Å². The molecule has 2 aromatic rings. The van der Waals surface area contributed by atoms with Gasteiger partial charge in [-0.1, -0.05) is 12.1 Å². The van der Waals surface area contributed by atoms with E-state index < -0.39 is 0 Å². The van der Waals surface area contributed by atoms with Gasteiger partial charge in [0.05, 0.1) is 9.88 Å². The number of carbonyl (C=O) groups excluding carboxylic acids is 2. The number of anilines is 1. The lowest BCUT2D eigenvalue weighted by molar-refractivity contribution is -0.117. The van der Waals surface area contributed by atoms with Gasteiger partial charge in [-0.15, -0.1) is 11.3 Å². The van der Waals surface area contributed by atoms with Gasteiger partial charge >= 0.3 is 0 Å². The summed E-state index contributed by atoms with van der Waals surface area (Å²) in [5.74, 6) is -0.287. The Kier molecular flexibility index (Phi) is 4.66. The zero-order valence-electron chi connectivity index (χ0n) is 13.6. The minimum absolute atomic E-state index is 0.0309. The molecule has 1 saturated carbocycles. The van der Waals surface area contributed by atoms with E-state index in [9.17, 15) is 14.0 Å². The van der Waals surface area contributed by atoms with Crippen LogP contribution < -0.4 is 5.32 Å². The molecule has 24 heavy (non-hydrogen) atoms. The molecule has 1 aliphatic rings. The monoisotopic (exact) mass is 346 g/mol. The molecular formula is C18H19FN2O2S. The normalized spacial score (nSPS) is 13.6. The second kappa shape index (κ2) is 6.73. The van der Waals surface area contributed by atoms with Gasteiger partial charge in [0, 0.05) is 19.5 Å². The van der Waals surface area contributed by atoms with Crippen molar-refractivity contribution in [3.05, 3.63) is 52.2 Å². The molecule has 1 N–H and O–H groups in total. The van der Waals surface area contributed by atoms with Crippen LogP contribution in [0.2, 0.25) is 0 Å². The number of hydrogen-bond donors (Lipinski definition) is 1. The summed E-state index contributed by atoms with van der Waals surface area (Å²) in [6.07, 6.45) is 1.89. The summed E-state index contributed by atoms with van der Waals surface area (Å²) in [4.78, 5) is 26.6. The predicted molar refractivity (Wildman–Crippen MR) is 92.6 cm³/mol. The van der Waals surface area contributed by atoms with Crippen molar-refractivity contribution in [3.63, 3.8) is 0 Å². The van der Waals surface area contributed by atoms with Crippen molar-refractivity contribution in [1.82, 2.24) is 4.90 Å². The number of aryl methyl sites for hydroxylation is 1. The maximum Gasteiger partial charge on any atom is 0.264 e. The van der Waals surface area contributed by atoms with E-state index in [4.69, 9.17) is 0 Å². The van der Waals surface area contributed by atoms with E-state index in [0.717, 1.165) is 24.0 Å². The van der Waals surface area contributed by atoms with Gasteiger partial charge < -0.3 is 10.2 Å². The summed E-state index contributed by atoms with van der Waals surface area (Å²) in [6, 6.07) is 8.05. The smallest absolute Gasteiger partial charge is 0.264 e. The van der Waals surface area contributed by atoms with Crippen LogP contribution in [0.15, 0.2) is 30.3 Å². The molecule has 1 aromatic heterocycles. The molecule has 0 saturated heterocycles. The van der Waals surface area contributed by atoms with Crippen molar-refractivity contribution in [2.75, 3.05) is 12.4 Å². The lowest BCUT2D eigenvalue weighted by Crippen LogP contribution is -2.26. The minimum Gasteiger partial charge on any atom is -0.337 e. The van der Waals surface area contributed by atoms with Crippen LogP contribution in [0.1, 0.15) is 33.6 Å². The van der Waals surface area contributed by atoms with Crippen LogP contribution in [0.3, 0.4) is 0 Å². The summed E-state index contributed by atoms with van der Waals surface area (Å²) >= 11 is 1.29. The van der Waals surface area contributed by atoms with E-state index >= 15 is 0 Å². The molecule has 0 unspecified atom stereocenters. The minimum atomic E-state index is -0.314. The number of halogens is 1. The van der Waals surface area contributed by atoms with E-state index in [1.807, 2.05) is 13.0 Å². The molecule has 0 spiro atoms. The number of hydrogen-bond acceptors (Lipinski definition) is 3. The highest BCUT2D eigenvalue weighted by Gasteiger charge is 2.30. The van der Waals surface area contributed by atoms with Gasteiger partial charge in [-0.2, -0.15) is 0 Å². The zero-order valence-corrected chi connectivity index (χ0v) is 14.5. The van der Waals surface area contributed by atoms with Crippen molar-refractivity contribution >= 4 is 28.2 Å². The molecule has 0 aliphatic heterocycles. The molecule has 1 aliphatic carbocycles. The van der Waals surface area contributed by atoms with Crippen LogP contribution in [-0.2, 0) is 11.3 Å². The van der Waals surface area contributed by atoms with Crippen LogP contribution in [0.4, 0.5) is 9.39 Å². The van der Waals surface area contributed by atoms with Gasteiger partial charge in [0.15, 0.2) is 0 Å². The van der Waals surface area contributed by atoms with Crippen molar-refractivity contribution in [1.29, 1.82) is 0 Å². The highest BCUT2D eigenvalue weighted by molar-refractivity contribution is 7.18. The third kappa shape index (κ3) is 3.82. The highest BCUT2D eigenvalue weighted by Crippen LogP contribution is 2.33. The van der Waals surface area contributed by atoms with Gasteiger partial charge in [0.25, 0.3) is 5.91 Å². The number of rotatable bonds is 5. The molecule has 3 rings (SSSR count). The number of carbonyl (C=O) groups is 2.